The number of nitrogens with one attached hydrogen (secondary N) is 1. The van der Waals surface area contributed by atoms with Crippen molar-refractivity contribution in [2.45, 2.75) is 32.4 Å². The summed E-state index contributed by atoms with van der Waals surface area (Å²) < 4.78 is 16.4. The minimum atomic E-state index is -0.533. The van der Waals surface area contributed by atoms with Crippen LogP contribution in [0.15, 0.2) is 16.6 Å². The Balaban J connectivity index is 1.95. The van der Waals surface area contributed by atoms with Gasteiger partial charge in [0.2, 0.25) is 5.88 Å². The summed E-state index contributed by atoms with van der Waals surface area (Å²) in [5, 5.41) is 3.30. The van der Waals surface area contributed by atoms with Crippen LogP contribution >= 0.6 is 15.9 Å². The van der Waals surface area contributed by atoms with E-state index in [2.05, 4.69) is 31.0 Å². The van der Waals surface area contributed by atoms with E-state index in [9.17, 15) is 9.59 Å². The first-order valence-electron chi connectivity index (χ1n) is 8.28. The topological polar surface area (TPSA) is 90.0 Å². The van der Waals surface area contributed by atoms with Gasteiger partial charge in [0.1, 0.15) is 12.2 Å². The molecule has 0 bridgehead atoms. The zero-order valence-corrected chi connectivity index (χ0v) is 17.0. The number of carbonyl (C=O) groups is 2. The second kappa shape index (κ2) is 8.68. The number of nitrogens with zero attached hydrogens (tertiary/aromatic N) is 2. The van der Waals surface area contributed by atoms with Crippen LogP contribution in [0.1, 0.15) is 31.3 Å². The van der Waals surface area contributed by atoms with Crippen molar-refractivity contribution in [3.8, 4) is 5.88 Å². The highest BCUT2D eigenvalue weighted by Crippen LogP contribution is 2.23. The molecule has 0 aliphatic carbocycles. The third-order valence-electron chi connectivity index (χ3n) is 3.54. The molecular formula is C17H24BrN3O5. The van der Waals surface area contributed by atoms with Crippen molar-refractivity contribution in [1.82, 2.24) is 15.2 Å². The minimum Gasteiger partial charge on any atom is -0.475 e. The number of hydrogen-bond donors (Lipinski definition) is 1. The largest absolute Gasteiger partial charge is 0.475 e. The first kappa shape index (κ1) is 20.4. The van der Waals surface area contributed by atoms with Gasteiger partial charge in [0.25, 0.3) is 0 Å². The number of hydrogen-bond acceptors (Lipinski definition) is 7. The molecule has 1 amide bonds. The Bertz CT molecular complexity index is 662. The Hall–Kier alpha value is -1.87. The van der Waals surface area contributed by atoms with Gasteiger partial charge in [-0.1, -0.05) is 0 Å². The number of rotatable bonds is 4. The van der Waals surface area contributed by atoms with E-state index in [1.807, 2.05) is 20.8 Å². The summed E-state index contributed by atoms with van der Waals surface area (Å²) in [6, 6.07) is 3.15. The summed E-state index contributed by atoms with van der Waals surface area (Å²) in [5.74, 6) is -0.238. The molecule has 1 aromatic rings. The number of piperazine rings is 1. The molecule has 0 aromatic carbocycles. The molecule has 144 valence electrons. The normalized spacial score (nSPS) is 17.6. The average molecular weight is 430 g/mol. The molecule has 1 atom stereocenters. The molecular weight excluding hydrogens is 406 g/mol. The molecule has 1 N–H and O–H groups in total. The smallest absolute Gasteiger partial charge is 0.410 e. The molecule has 1 aromatic heterocycles. The second-order valence-corrected chi connectivity index (χ2v) is 7.72. The molecule has 1 saturated heterocycles. The van der Waals surface area contributed by atoms with E-state index in [1.165, 1.54) is 7.11 Å². The molecule has 2 heterocycles. The van der Waals surface area contributed by atoms with E-state index in [-0.39, 0.29) is 24.4 Å². The molecule has 8 nitrogen and oxygen atoms in total. The SMILES string of the molecule is COC(=O)c1ccc(Br)c(OCC2CN(C(=O)OC(C)(C)C)CCN2)n1. The standard InChI is InChI=1S/C17H24BrN3O5/c1-17(2,3)26-16(23)21-8-7-19-11(9-21)10-25-14-12(18)5-6-13(20-14)15(22)24-4/h5-6,11,19H,7-10H2,1-4H3. The van der Waals surface area contributed by atoms with E-state index in [4.69, 9.17) is 9.47 Å². The fourth-order valence-corrected chi connectivity index (χ4v) is 2.69. The molecule has 1 aliphatic rings. The number of amides is 1. The molecule has 0 radical (unpaired) electrons. The summed E-state index contributed by atoms with van der Waals surface area (Å²) in [6.07, 6.45) is -0.337. The van der Waals surface area contributed by atoms with E-state index in [0.29, 0.717) is 30.0 Å². The van der Waals surface area contributed by atoms with Gasteiger partial charge >= 0.3 is 12.1 Å². The van der Waals surface area contributed by atoms with Crippen molar-refractivity contribution < 1.29 is 23.8 Å². The van der Waals surface area contributed by atoms with Crippen LogP contribution in [-0.2, 0) is 9.47 Å². The van der Waals surface area contributed by atoms with Gasteiger partial charge in [-0.05, 0) is 48.8 Å². The predicted molar refractivity (Wildman–Crippen MR) is 98.4 cm³/mol. The lowest BCUT2D eigenvalue weighted by Crippen LogP contribution is -2.55. The quantitative estimate of drug-likeness (QED) is 0.733. The predicted octanol–water partition coefficient (Wildman–Crippen LogP) is 2.22. The van der Waals surface area contributed by atoms with Crippen molar-refractivity contribution in [1.29, 1.82) is 0 Å². The van der Waals surface area contributed by atoms with Crippen LogP contribution in [0, 0.1) is 0 Å². The maximum absolute atomic E-state index is 12.2. The molecule has 2 rings (SSSR count). The van der Waals surface area contributed by atoms with Gasteiger partial charge in [-0.3, -0.25) is 0 Å². The third kappa shape index (κ3) is 5.84. The number of pyridine rings is 1. The molecule has 0 spiro atoms. The van der Waals surface area contributed by atoms with E-state index < -0.39 is 11.6 Å². The third-order valence-corrected chi connectivity index (χ3v) is 4.14. The number of halogens is 1. The van der Waals surface area contributed by atoms with Crippen molar-refractivity contribution in [2.75, 3.05) is 33.4 Å². The van der Waals surface area contributed by atoms with E-state index in [0.717, 1.165) is 0 Å². The Kier molecular flexibility index (Phi) is 6.82. The molecule has 9 heteroatoms. The van der Waals surface area contributed by atoms with Gasteiger partial charge in [0.05, 0.1) is 17.6 Å². The van der Waals surface area contributed by atoms with Crippen LogP contribution in [0.5, 0.6) is 5.88 Å². The van der Waals surface area contributed by atoms with Crippen molar-refractivity contribution >= 4 is 28.0 Å². The maximum atomic E-state index is 12.2. The number of aromatic nitrogens is 1. The molecule has 0 saturated carbocycles. The first-order valence-corrected chi connectivity index (χ1v) is 9.08. The van der Waals surface area contributed by atoms with Crippen LogP contribution < -0.4 is 10.1 Å². The van der Waals surface area contributed by atoms with Crippen LogP contribution in [-0.4, -0.2) is 66.9 Å². The number of ether oxygens (including phenoxy) is 3. The van der Waals surface area contributed by atoms with Gasteiger partial charge in [-0.15, -0.1) is 0 Å². The van der Waals surface area contributed by atoms with Crippen molar-refractivity contribution in [3.63, 3.8) is 0 Å². The van der Waals surface area contributed by atoms with Crippen LogP contribution in [0.4, 0.5) is 4.79 Å². The van der Waals surface area contributed by atoms with Crippen LogP contribution in [0.25, 0.3) is 0 Å². The number of carbonyl (C=O) groups excluding carboxylic acids is 2. The van der Waals surface area contributed by atoms with Gasteiger partial charge in [-0.2, -0.15) is 0 Å². The minimum absolute atomic E-state index is 0.0771. The highest BCUT2D eigenvalue weighted by atomic mass is 79.9. The fraction of sp³-hybridized carbons (Fsp3) is 0.588. The van der Waals surface area contributed by atoms with Gasteiger partial charge in [-0.25, -0.2) is 14.6 Å². The first-order chi connectivity index (χ1) is 12.2. The highest BCUT2D eigenvalue weighted by Gasteiger charge is 2.28. The van der Waals surface area contributed by atoms with Gasteiger partial charge in [0.15, 0.2) is 5.69 Å². The van der Waals surface area contributed by atoms with Crippen LogP contribution in [0.2, 0.25) is 0 Å². The Morgan fingerprint density at radius 1 is 1.38 bits per heavy atom. The summed E-state index contributed by atoms with van der Waals surface area (Å²) in [6.45, 7) is 7.48. The summed E-state index contributed by atoms with van der Waals surface area (Å²) in [4.78, 5) is 29.6. The van der Waals surface area contributed by atoms with E-state index in [1.54, 1.807) is 17.0 Å². The number of methoxy groups -OCH3 is 1. The lowest BCUT2D eigenvalue weighted by molar-refractivity contribution is 0.0177. The zero-order valence-electron chi connectivity index (χ0n) is 15.4. The van der Waals surface area contributed by atoms with Gasteiger partial charge in [0, 0.05) is 19.6 Å². The summed E-state index contributed by atoms with van der Waals surface area (Å²) in [7, 11) is 1.30. The molecule has 1 aliphatic heterocycles. The Labute approximate surface area is 161 Å². The summed E-state index contributed by atoms with van der Waals surface area (Å²) >= 11 is 3.35. The molecule has 26 heavy (non-hydrogen) atoms. The molecule has 1 unspecified atom stereocenters. The second-order valence-electron chi connectivity index (χ2n) is 6.86. The van der Waals surface area contributed by atoms with E-state index >= 15 is 0 Å². The lowest BCUT2D eigenvalue weighted by atomic mass is 10.2. The Morgan fingerprint density at radius 3 is 2.77 bits per heavy atom. The zero-order chi connectivity index (χ0) is 19.3. The van der Waals surface area contributed by atoms with Crippen molar-refractivity contribution in [2.24, 2.45) is 0 Å². The Morgan fingerprint density at radius 2 is 2.12 bits per heavy atom. The van der Waals surface area contributed by atoms with Crippen molar-refractivity contribution in [3.05, 3.63) is 22.3 Å². The van der Waals surface area contributed by atoms with Crippen LogP contribution in [0.3, 0.4) is 0 Å². The van der Waals surface area contributed by atoms with Gasteiger partial charge < -0.3 is 24.4 Å². The molecule has 1 fully saturated rings. The number of esters is 1. The summed E-state index contributed by atoms with van der Waals surface area (Å²) in [5.41, 5.74) is -0.366. The highest BCUT2D eigenvalue weighted by molar-refractivity contribution is 9.10. The average Bonchev–Trinajstić information content (AvgIpc) is 2.59. The fourth-order valence-electron chi connectivity index (χ4n) is 2.35. The lowest BCUT2D eigenvalue weighted by Gasteiger charge is -2.34. The maximum Gasteiger partial charge on any atom is 0.410 e. The monoisotopic (exact) mass is 429 g/mol.